The fourth-order valence-electron chi connectivity index (χ4n) is 6.05. The highest BCUT2D eigenvalue weighted by Crippen LogP contribution is 2.47. The van der Waals surface area contributed by atoms with Gasteiger partial charge < -0.3 is 39.9 Å². The summed E-state index contributed by atoms with van der Waals surface area (Å²) in [6, 6.07) is 0. The summed E-state index contributed by atoms with van der Waals surface area (Å²) in [7, 11) is -5.15. The van der Waals surface area contributed by atoms with Crippen LogP contribution in [0.15, 0.2) is 122 Å². The first-order valence-corrected chi connectivity index (χ1v) is 24.4. The van der Waals surface area contributed by atoms with Crippen LogP contribution in [-0.4, -0.2) is 98.3 Å². The average molecular weight is 917 g/mol. The zero-order valence-electron chi connectivity index (χ0n) is 38.0. The number of carbonyl (C=O) groups excluding carboxylic acids is 2. The second-order valence-electron chi connectivity index (χ2n) is 15.3. The minimum Gasteiger partial charge on any atom is -0.462 e. The van der Waals surface area contributed by atoms with Gasteiger partial charge in [-0.1, -0.05) is 161 Å². The van der Waals surface area contributed by atoms with Crippen LogP contribution in [0.5, 0.6) is 0 Å². The molecule has 360 valence electrons. The number of rotatable bonds is 35. The third-order valence-electron chi connectivity index (χ3n) is 9.68. The first-order valence-electron chi connectivity index (χ1n) is 22.9. The molecule has 14 heteroatoms. The molecule has 0 aromatic rings. The van der Waals surface area contributed by atoms with Crippen LogP contribution in [0.1, 0.15) is 123 Å². The van der Waals surface area contributed by atoms with Crippen molar-refractivity contribution in [2.24, 2.45) is 0 Å². The number of hydrogen-bond acceptors (Lipinski definition) is 12. The van der Waals surface area contributed by atoms with Crippen LogP contribution in [0.2, 0.25) is 0 Å². The molecule has 1 aliphatic rings. The average Bonchev–Trinajstić information content (AvgIpc) is 3.28. The highest BCUT2D eigenvalue weighted by atomic mass is 31.2. The van der Waals surface area contributed by atoms with E-state index in [1.807, 2.05) is 54.7 Å². The Morgan fingerprint density at radius 2 is 0.938 bits per heavy atom. The number of phosphoric ester groups is 1. The molecule has 0 heterocycles. The lowest BCUT2D eigenvalue weighted by molar-refractivity contribution is -0.220. The summed E-state index contributed by atoms with van der Waals surface area (Å²) in [5.74, 6) is -1.22. The fraction of sp³-hybridized carbons (Fsp3) is 0.560. The second-order valence-corrected chi connectivity index (χ2v) is 16.7. The highest BCUT2D eigenvalue weighted by Gasteiger charge is 2.51. The normalized spacial score (nSPS) is 22.7. The minimum absolute atomic E-state index is 0.0113. The Labute approximate surface area is 382 Å². The molecule has 7 unspecified atom stereocenters. The summed E-state index contributed by atoms with van der Waals surface area (Å²) < 4.78 is 33.4. The molecule has 0 spiro atoms. The number of carbonyl (C=O) groups is 2. The predicted molar refractivity (Wildman–Crippen MR) is 253 cm³/mol. The van der Waals surface area contributed by atoms with Gasteiger partial charge in [-0.25, -0.2) is 4.57 Å². The summed E-state index contributed by atoms with van der Waals surface area (Å²) in [4.78, 5) is 35.6. The Balaban J connectivity index is 2.48. The number of ether oxygens (including phenoxy) is 2. The highest BCUT2D eigenvalue weighted by molar-refractivity contribution is 7.47. The molecule has 1 saturated carbocycles. The molecule has 0 radical (unpaired) electrons. The van der Waals surface area contributed by atoms with Crippen molar-refractivity contribution in [3.63, 3.8) is 0 Å². The van der Waals surface area contributed by atoms with E-state index in [4.69, 9.17) is 18.5 Å². The van der Waals surface area contributed by atoms with E-state index >= 15 is 0 Å². The third kappa shape index (κ3) is 30.4. The predicted octanol–water partition coefficient (Wildman–Crippen LogP) is 9.00. The van der Waals surface area contributed by atoms with Crippen molar-refractivity contribution in [3.05, 3.63) is 122 Å². The van der Waals surface area contributed by atoms with E-state index in [0.29, 0.717) is 19.3 Å². The monoisotopic (exact) mass is 917 g/mol. The first kappa shape index (κ1) is 58.3. The number of hydrogen-bond donors (Lipinski definition) is 6. The molecule has 8 atom stereocenters. The molecule has 0 bridgehead atoms. The summed E-state index contributed by atoms with van der Waals surface area (Å²) in [5, 5.41) is 50.1. The van der Waals surface area contributed by atoms with Gasteiger partial charge in [0.15, 0.2) is 6.10 Å². The van der Waals surface area contributed by atoms with E-state index in [-0.39, 0.29) is 12.8 Å². The van der Waals surface area contributed by atoms with Gasteiger partial charge in [-0.3, -0.25) is 18.6 Å². The number of aliphatic hydroxyl groups is 5. The first-order chi connectivity index (χ1) is 30.9. The second kappa shape index (κ2) is 38.5. The maximum Gasteiger partial charge on any atom is 0.472 e. The van der Waals surface area contributed by atoms with E-state index in [1.54, 1.807) is 0 Å². The molecule has 6 N–H and O–H groups in total. The van der Waals surface area contributed by atoms with Crippen LogP contribution < -0.4 is 0 Å². The number of unbranched alkanes of at least 4 members (excludes halogenated alkanes) is 7. The van der Waals surface area contributed by atoms with Gasteiger partial charge in [0.1, 0.15) is 43.2 Å². The lowest BCUT2D eigenvalue weighted by Crippen LogP contribution is -2.64. The molecule has 0 aromatic carbocycles. The topological polar surface area (TPSA) is 210 Å². The van der Waals surface area contributed by atoms with Crippen LogP contribution in [-0.2, 0) is 32.7 Å². The van der Waals surface area contributed by atoms with Gasteiger partial charge in [0.2, 0.25) is 0 Å². The van der Waals surface area contributed by atoms with Crippen LogP contribution >= 0.6 is 7.82 Å². The van der Waals surface area contributed by atoms with E-state index < -0.39 is 75.7 Å². The van der Waals surface area contributed by atoms with Crippen molar-refractivity contribution in [2.75, 3.05) is 13.2 Å². The summed E-state index contributed by atoms with van der Waals surface area (Å²) >= 11 is 0. The van der Waals surface area contributed by atoms with Crippen LogP contribution in [0, 0.1) is 0 Å². The molecule has 0 amide bonds. The molecule has 0 saturated heterocycles. The number of aliphatic hydroxyl groups excluding tert-OH is 5. The van der Waals surface area contributed by atoms with Crippen LogP contribution in [0.25, 0.3) is 0 Å². The van der Waals surface area contributed by atoms with Gasteiger partial charge in [0.05, 0.1) is 6.61 Å². The van der Waals surface area contributed by atoms with Gasteiger partial charge in [-0.2, -0.15) is 0 Å². The summed E-state index contributed by atoms with van der Waals surface area (Å²) in [6.07, 6.45) is 41.2. The maximum atomic E-state index is 12.8. The van der Waals surface area contributed by atoms with Crippen molar-refractivity contribution in [1.29, 1.82) is 0 Å². The van der Waals surface area contributed by atoms with Gasteiger partial charge in [-0.15, -0.1) is 0 Å². The molecule has 0 aromatic heterocycles. The number of allylic oxidation sites excluding steroid dienone is 20. The Kier molecular flexibility index (Phi) is 35.1. The van der Waals surface area contributed by atoms with Crippen LogP contribution in [0.4, 0.5) is 0 Å². The zero-order valence-corrected chi connectivity index (χ0v) is 38.9. The molecule has 0 aliphatic heterocycles. The number of phosphoric acid groups is 1. The van der Waals surface area contributed by atoms with Crippen molar-refractivity contribution in [1.82, 2.24) is 0 Å². The molecular formula is C50H77O13P. The quantitative estimate of drug-likeness (QED) is 0.0115. The third-order valence-corrected chi connectivity index (χ3v) is 10.7. The summed E-state index contributed by atoms with van der Waals surface area (Å²) in [5.41, 5.74) is 0. The van der Waals surface area contributed by atoms with E-state index in [1.165, 1.54) is 0 Å². The summed E-state index contributed by atoms with van der Waals surface area (Å²) in [6.45, 7) is 2.94. The largest absolute Gasteiger partial charge is 0.472 e. The van der Waals surface area contributed by atoms with Gasteiger partial charge >= 0.3 is 19.8 Å². The smallest absolute Gasteiger partial charge is 0.462 e. The van der Waals surface area contributed by atoms with Crippen molar-refractivity contribution in [2.45, 2.75) is 166 Å². The Morgan fingerprint density at radius 3 is 1.50 bits per heavy atom. The fourth-order valence-corrected chi connectivity index (χ4v) is 7.02. The van der Waals surface area contributed by atoms with Gasteiger partial charge in [0, 0.05) is 12.8 Å². The molecule has 1 rings (SSSR count). The Bertz CT molecular complexity index is 1570. The standard InChI is InChI=1S/C50H77O13P/c1-3-5-7-9-11-13-15-17-18-19-20-21-22-23-24-25-27-28-30-32-34-36-38-43(51)60-40-42(41-61-64(58,59)63-50-48(56)46(54)45(53)47(55)49(50)57)62-44(52)39-37-35-33-31-29-26-16-14-12-10-8-6-4-2/h5-8,10-14,16-18,20-21,23-24,26,29,31,33,42,45-50,53-57H,3-4,9,15,19,22,25,27-28,30,32,34-41H2,1-2H3,(H,58,59)/b7-5+,8-6+,12-10+,13-11+,16-14+,18-17+,21-20+,24-23+,29-26+,33-31+/t42?,45?,46-,47?,48?,49?,50?/m0/s1. The number of esters is 2. The van der Waals surface area contributed by atoms with E-state index in [0.717, 1.165) is 77.0 Å². The molecular weight excluding hydrogens is 840 g/mol. The van der Waals surface area contributed by atoms with Crippen molar-refractivity contribution < 1.29 is 63.1 Å². The Morgan fingerprint density at radius 1 is 0.500 bits per heavy atom. The van der Waals surface area contributed by atoms with Gasteiger partial charge in [-0.05, 0) is 70.6 Å². The maximum absolute atomic E-state index is 12.8. The van der Waals surface area contributed by atoms with Crippen molar-refractivity contribution >= 4 is 19.8 Å². The van der Waals surface area contributed by atoms with Crippen molar-refractivity contribution in [3.8, 4) is 0 Å². The lowest BCUT2D eigenvalue weighted by atomic mass is 9.85. The molecule has 1 fully saturated rings. The minimum atomic E-state index is -5.15. The SMILES string of the molecule is CC/C=C/C=C/C=C/C=C/C=C/CCCC(=O)OC(COC(=O)CCCCCCCC/C=C/C/C=C/C/C=C/C/C=C/C/C=C/CC)COP(=O)(O)OC1C(O)C(O)C(O)[C@H](O)C1O. The molecule has 13 nitrogen and oxygen atoms in total. The lowest BCUT2D eigenvalue weighted by Gasteiger charge is -2.41. The van der Waals surface area contributed by atoms with Crippen LogP contribution in [0.3, 0.4) is 0 Å². The van der Waals surface area contributed by atoms with E-state index in [9.17, 15) is 44.6 Å². The molecule has 1 aliphatic carbocycles. The van der Waals surface area contributed by atoms with Gasteiger partial charge in [0.25, 0.3) is 0 Å². The molecule has 64 heavy (non-hydrogen) atoms. The Hall–Kier alpha value is -3.75. The van der Waals surface area contributed by atoms with E-state index in [2.05, 4.69) is 80.7 Å². The zero-order chi connectivity index (χ0) is 47.1.